The van der Waals surface area contributed by atoms with Crippen LogP contribution in [0.25, 0.3) is 0 Å². The third-order valence-electron chi connectivity index (χ3n) is 3.27. The minimum Gasteiger partial charge on any atom is -0.340 e. The van der Waals surface area contributed by atoms with Crippen molar-refractivity contribution in [3.8, 4) is 6.07 Å². The van der Waals surface area contributed by atoms with Crippen LogP contribution in [0.15, 0.2) is 52.3 Å². The topological polar surface area (TPSA) is 27.0 Å². The molecule has 2 aromatic rings. The van der Waals surface area contributed by atoms with Crippen molar-refractivity contribution >= 4 is 34.7 Å². The zero-order valence-corrected chi connectivity index (χ0v) is 12.4. The van der Waals surface area contributed by atoms with Gasteiger partial charge in [-0.2, -0.15) is 5.26 Å². The van der Waals surface area contributed by atoms with Crippen LogP contribution in [-0.4, -0.2) is 12.4 Å². The van der Waals surface area contributed by atoms with Gasteiger partial charge in [0.2, 0.25) is 0 Å². The zero-order valence-electron chi connectivity index (χ0n) is 10.8. The van der Waals surface area contributed by atoms with Crippen LogP contribution in [0.3, 0.4) is 0 Å². The normalized spacial score (nSPS) is 12.5. The molecule has 0 aliphatic carbocycles. The molecule has 2 nitrogen and oxygen atoms in total. The highest BCUT2D eigenvalue weighted by molar-refractivity contribution is 7.99. The maximum Gasteiger partial charge on any atom is 0.0992 e. The minimum atomic E-state index is 0.650. The van der Waals surface area contributed by atoms with Gasteiger partial charge in [0.15, 0.2) is 0 Å². The van der Waals surface area contributed by atoms with Crippen LogP contribution in [0.4, 0.5) is 11.4 Å². The number of fused-ring (bicyclic) bond motifs is 2. The Morgan fingerprint density at radius 1 is 1.10 bits per heavy atom. The third kappa shape index (κ3) is 2.37. The fourth-order valence-corrected chi connectivity index (χ4v) is 3.62. The number of nitrogens with zero attached hydrogens (tertiary/aromatic N) is 2. The highest BCUT2D eigenvalue weighted by Gasteiger charge is 2.22. The van der Waals surface area contributed by atoms with Gasteiger partial charge in [-0.05, 0) is 36.8 Å². The zero-order chi connectivity index (χ0) is 13.9. The molecule has 20 heavy (non-hydrogen) atoms. The molecule has 2 aromatic carbocycles. The average Bonchev–Trinajstić information content (AvgIpc) is 2.50. The standard InChI is InChI=1S/C16H13ClN2S/c17-8-3-9-19-13-4-1-2-5-15(13)20-16-10-12(11-18)6-7-14(16)19/h1-2,4-7,10H,3,8-9H2. The van der Waals surface area contributed by atoms with Crippen molar-refractivity contribution in [1.29, 1.82) is 5.26 Å². The van der Waals surface area contributed by atoms with E-state index in [0.29, 0.717) is 11.4 Å². The molecule has 1 heterocycles. The number of alkyl halides is 1. The second kappa shape index (κ2) is 5.78. The Hall–Kier alpha value is -1.63. The molecule has 0 radical (unpaired) electrons. The molecule has 0 saturated carbocycles. The van der Waals surface area contributed by atoms with Gasteiger partial charge in [0, 0.05) is 22.2 Å². The molecule has 0 N–H and O–H groups in total. The number of nitriles is 1. The first-order chi connectivity index (χ1) is 9.83. The number of halogens is 1. The molecular formula is C16H13ClN2S. The molecule has 0 atom stereocenters. The molecule has 0 fully saturated rings. The molecule has 100 valence electrons. The van der Waals surface area contributed by atoms with Crippen molar-refractivity contribution < 1.29 is 0 Å². The Labute approximate surface area is 128 Å². The summed E-state index contributed by atoms with van der Waals surface area (Å²) in [5.41, 5.74) is 3.09. The maximum atomic E-state index is 9.05. The number of rotatable bonds is 3. The molecular weight excluding hydrogens is 288 g/mol. The van der Waals surface area contributed by atoms with E-state index in [0.717, 1.165) is 23.5 Å². The molecule has 0 amide bonds. The van der Waals surface area contributed by atoms with E-state index in [4.69, 9.17) is 16.9 Å². The second-order valence-corrected chi connectivity index (χ2v) is 6.02. The van der Waals surface area contributed by atoms with Gasteiger partial charge >= 0.3 is 0 Å². The summed E-state index contributed by atoms with van der Waals surface area (Å²) >= 11 is 7.57. The summed E-state index contributed by atoms with van der Waals surface area (Å²) < 4.78 is 0. The van der Waals surface area contributed by atoms with E-state index in [-0.39, 0.29) is 0 Å². The lowest BCUT2D eigenvalue weighted by Crippen LogP contribution is -2.22. The largest absolute Gasteiger partial charge is 0.340 e. The summed E-state index contributed by atoms with van der Waals surface area (Å²) in [5, 5.41) is 9.05. The molecule has 3 rings (SSSR count). The molecule has 0 saturated heterocycles. The van der Waals surface area contributed by atoms with Gasteiger partial charge in [-0.25, -0.2) is 0 Å². The summed E-state index contributed by atoms with van der Waals surface area (Å²) in [5.74, 6) is 0.650. The van der Waals surface area contributed by atoms with Crippen LogP contribution in [0.5, 0.6) is 0 Å². The Morgan fingerprint density at radius 2 is 1.90 bits per heavy atom. The van der Waals surface area contributed by atoms with E-state index >= 15 is 0 Å². The smallest absolute Gasteiger partial charge is 0.0992 e. The number of anilines is 2. The van der Waals surface area contributed by atoms with E-state index in [1.165, 1.54) is 10.6 Å². The summed E-state index contributed by atoms with van der Waals surface area (Å²) in [4.78, 5) is 4.66. The predicted octanol–water partition coefficient (Wildman–Crippen LogP) is 4.79. The second-order valence-electron chi connectivity index (χ2n) is 4.56. The number of para-hydroxylation sites is 1. The van der Waals surface area contributed by atoms with Crippen LogP contribution < -0.4 is 4.90 Å². The first-order valence-electron chi connectivity index (χ1n) is 6.48. The molecule has 0 unspecified atom stereocenters. The van der Waals surface area contributed by atoms with Crippen molar-refractivity contribution in [2.75, 3.05) is 17.3 Å². The van der Waals surface area contributed by atoms with Crippen molar-refractivity contribution in [2.24, 2.45) is 0 Å². The van der Waals surface area contributed by atoms with E-state index in [1.807, 2.05) is 24.3 Å². The summed E-state index contributed by atoms with van der Waals surface area (Å²) in [6.45, 7) is 0.889. The van der Waals surface area contributed by atoms with E-state index in [1.54, 1.807) is 11.8 Å². The summed E-state index contributed by atoms with van der Waals surface area (Å²) in [7, 11) is 0. The van der Waals surface area contributed by atoms with Crippen LogP contribution in [0.2, 0.25) is 0 Å². The molecule has 0 spiro atoms. The van der Waals surface area contributed by atoms with Crippen LogP contribution in [-0.2, 0) is 0 Å². The Morgan fingerprint density at radius 3 is 2.70 bits per heavy atom. The monoisotopic (exact) mass is 300 g/mol. The minimum absolute atomic E-state index is 0.650. The van der Waals surface area contributed by atoms with Gasteiger partial charge < -0.3 is 4.90 Å². The van der Waals surface area contributed by atoms with Crippen LogP contribution in [0, 0.1) is 11.3 Å². The van der Waals surface area contributed by atoms with E-state index < -0.39 is 0 Å². The average molecular weight is 301 g/mol. The van der Waals surface area contributed by atoms with Gasteiger partial charge in [-0.1, -0.05) is 23.9 Å². The molecule has 0 aromatic heterocycles. The fourth-order valence-electron chi connectivity index (χ4n) is 2.36. The lowest BCUT2D eigenvalue weighted by molar-refractivity contribution is 0.870. The Kier molecular flexibility index (Phi) is 3.86. The number of hydrogen-bond acceptors (Lipinski definition) is 3. The lowest BCUT2D eigenvalue weighted by atomic mass is 10.1. The van der Waals surface area contributed by atoms with Crippen molar-refractivity contribution in [1.82, 2.24) is 0 Å². The summed E-state index contributed by atoms with van der Waals surface area (Å²) in [6, 6.07) is 16.4. The number of benzene rings is 2. The maximum absolute atomic E-state index is 9.05. The van der Waals surface area contributed by atoms with Gasteiger partial charge in [0.25, 0.3) is 0 Å². The first-order valence-corrected chi connectivity index (χ1v) is 7.83. The van der Waals surface area contributed by atoms with Gasteiger partial charge in [0.05, 0.1) is 23.0 Å². The van der Waals surface area contributed by atoms with Gasteiger partial charge in [-0.15, -0.1) is 11.6 Å². The molecule has 4 heteroatoms. The quantitative estimate of drug-likeness (QED) is 0.763. The SMILES string of the molecule is N#Cc1ccc2c(c1)Sc1ccccc1N2CCCCl. The number of hydrogen-bond donors (Lipinski definition) is 0. The lowest BCUT2D eigenvalue weighted by Gasteiger charge is -2.32. The van der Waals surface area contributed by atoms with Crippen molar-refractivity contribution in [3.05, 3.63) is 48.0 Å². The highest BCUT2D eigenvalue weighted by atomic mass is 35.5. The van der Waals surface area contributed by atoms with Gasteiger partial charge in [-0.3, -0.25) is 0 Å². The third-order valence-corrected chi connectivity index (χ3v) is 4.65. The first kappa shape index (κ1) is 13.4. The van der Waals surface area contributed by atoms with Crippen LogP contribution in [0.1, 0.15) is 12.0 Å². The predicted molar refractivity (Wildman–Crippen MR) is 84.1 cm³/mol. The molecule has 1 aliphatic heterocycles. The van der Waals surface area contributed by atoms with Crippen molar-refractivity contribution in [3.63, 3.8) is 0 Å². The van der Waals surface area contributed by atoms with Crippen LogP contribution >= 0.6 is 23.4 Å². The Bertz CT molecular complexity index is 678. The molecule has 0 bridgehead atoms. The van der Waals surface area contributed by atoms with Gasteiger partial charge in [0.1, 0.15) is 0 Å². The molecule has 1 aliphatic rings. The van der Waals surface area contributed by atoms with E-state index in [9.17, 15) is 0 Å². The summed E-state index contributed by atoms with van der Waals surface area (Å²) in [6.07, 6.45) is 0.931. The highest BCUT2D eigenvalue weighted by Crippen LogP contribution is 2.48. The Balaban J connectivity index is 2.08. The van der Waals surface area contributed by atoms with E-state index in [2.05, 4.69) is 29.2 Å². The van der Waals surface area contributed by atoms with Crippen molar-refractivity contribution in [2.45, 2.75) is 16.2 Å². The fraction of sp³-hybridized carbons (Fsp3) is 0.188.